The molecule has 1 aromatic carbocycles. The first kappa shape index (κ1) is 17.2. The molecule has 0 bridgehead atoms. The van der Waals surface area contributed by atoms with Crippen molar-refractivity contribution in [2.45, 2.75) is 71.4 Å². The smallest absolute Gasteiger partial charge is 0.336 e. The summed E-state index contributed by atoms with van der Waals surface area (Å²) in [4.78, 5) is 13.5. The molecule has 1 saturated carbocycles. The van der Waals surface area contributed by atoms with Gasteiger partial charge in [0.25, 0.3) is 0 Å². The molecule has 130 valence electrons. The van der Waals surface area contributed by atoms with Crippen molar-refractivity contribution in [3.05, 3.63) is 45.3 Å². The fourth-order valence-electron chi connectivity index (χ4n) is 4.20. The SMILES string of the molecule is Cc1cc2oc(=O)cc(C[NH+](C)C3CCCCC3)c2cc1C(C)C. The fraction of sp³-hybridized carbons (Fsp3) is 0.571. The number of quaternary nitrogens is 1. The van der Waals surface area contributed by atoms with E-state index in [0.717, 1.165) is 29.1 Å². The van der Waals surface area contributed by atoms with E-state index in [9.17, 15) is 4.79 Å². The summed E-state index contributed by atoms with van der Waals surface area (Å²) in [6.45, 7) is 7.42. The molecule has 1 aliphatic rings. The van der Waals surface area contributed by atoms with Crippen molar-refractivity contribution in [3.63, 3.8) is 0 Å². The van der Waals surface area contributed by atoms with Gasteiger partial charge in [-0.2, -0.15) is 0 Å². The van der Waals surface area contributed by atoms with Gasteiger partial charge in [0.1, 0.15) is 12.1 Å². The lowest BCUT2D eigenvalue weighted by Gasteiger charge is -2.28. The molecule has 1 aromatic heterocycles. The minimum Gasteiger partial charge on any atom is -0.423 e. The van der Waals surface area contributed by atoms with Crippen molar-refractivity contribution in [2.24, 2.45) is 0 Å². The van der Waals surface area contributed by atoms with Gasteiger partial charge in [-0.1, -0.05) is 20.3 Å². The standard InChI is InChI=1S/C21H29NO2/c1-14(2)18-12-19-16(11-21(23)24-20(19)10-15(18)3)13-22(4)17-8-6-5-7-9-17/h10-12,14,17H,5-9,13H2,1-4H3/p+1. The molecule has 3 heteroatoms. The fourth-order valence-corrected chi connectivity index (χ4v) is 4.20. The van der Waals surface area contributed by atoms with E-state index in [1.54, 1.807) is 6.07 Å². The van der Waals surface area contributed by atoms with Gasteiger partial charge in [0, 0.05) is 17.0 Å². The van der Waals surface area contributed by atoms with Crippen LogP contribution in [0.15, 0.2) is 27.4 Å². The molecule has 24 heavy (non-hydrogen) atoms. The van der Waals surface area contributed by atoms with E-state index in [2.05, 4.69) is 33.9 Å². The van der Waals surface area contributed by atoms with Crippen molar-refractivity contribution < 1.29 is 9.32 Å². The van der Waals surface area contributed by atoms with E-state index < -0.39 is 0 Å². The summed E-state index contributed by atoms with van der Waals surface area (Å²) in [6, 6.07) is 6.69. The highest BCUT2D eigenvalue weighted by atomic mass is 16.4. The number of nitrogens with one attached hydrogen (secondary N) is 1. The molecule has 0 saturated heterocycles. The monoisotopic (exact) mass is 328 g/mol. The maximum atomic E-state index is 12.0. The van der Waals surface area contributed by atoms with Crippen LogP contribution in [0.25, 0.3) is 11.0 Å². The molecule has 0 spiro atoms. The molecule has 1 atom stereocenters. The largest absolute Gasteiger partial charge is 0.423 e. The van der Waals surface area contributed by atoms with Gasteiger partial charge in [-0.15, -0.1) is 0 Å². The van der Waals surface area contributed by atoms with E-state index in [4.69, 9.17) is 4.42 Å². The second-order valence-electron chi connectivity index (χ2n) is 7.81. The zero-order valence-electron chi connectivity index (χ0n) is 15.4. The predicted octanol–water partition coefficient (Wildman–Crippen LogP) is 3.57. The number of hydrogen-bond donors (Lipinski definition) is 1. The summed E-state index contributed by atoms with van der Waals surface area (Å²) in [7, 11) is 2.27. The number of fused-ring (bicyclic) bond motifs is 1. The van der Waals surface area contributed by atoms with Crippen LogP contribution in [0.2, 0.25) is 0 Å². The zero-order chi connectivity index (χ0) is 17.3. The van der Waals surface area contributed by atoms with E-state index in [1.807, 2.05) is 6.07 Å². The Morgan fingerprint density at radius 1 is 1.17 bits per heavy atom. The summed E-state index contributed by atoms with van der Waals surface area (Å²) >= 11 is 0. The van der Waals surface area contributed by atoms with Crippen molar-refractivity contribution in [1.29, 1.82) is 0 Å². The van der Waals surface area contributed by atoms with Crippen LogP contribution < -0.4 is 10.5 Å². The summed E-state index contributed by atoms with van der Waals surface area (Å²) in [6.07, 6.45) is 6.68. The second kappa shape index (κ2) is 7.10. The van der Waals surface area contributed by atoms with Crippen molar-refractivity contribution in [3.8, 4) is 0 Å². The average molecular weight is 328 g/mol. The molecule has 1 fully saturated rings. The Morgan fingerprint density at radius 3 is 2.54 bits per heavy atom. The molecule has 3 nitrogen and oxygen atoms in total. The van der Waals surface area contributed by atoms with Crippen molar-refractivity contribution in [2.75, 3.05) is 7.05 Å². The number of aryl methyl sites for hydroxylation is 1. The van der Waals surface area contributed by atoms with Gasteiger partial charge in [0.05, 0.1) is 13.1 Å². The Balaban J connectivity index is 1.99. The number of rotatable bonds is 4. The van der Waals surface area contributed by atoms with Crippen LogP contribution in [0.1, 0.15) is 68.6 Å². The molecule has 0 aliphatic heterocycles. The molecule has 2 aromatic rings. The summed E-state index contributed by atoms with van der Waals surface area (Å²) in [5, 5.41) is 1.11. The highest BCUT2D eigenvalue weighted by Crippen LogP contribution is 2.26. The Labute approximate surface area is 144 Å². The Kier molecular flexibility index (Phi) is 5.09. The molecule has 0 radical (unpaired) electrons. The third-order valence-corrected chi connectivity index (χ3v) is 5.61. The van der Waals surface area contributed by atoms with Crippen LogP contribution in [0.4, 0.5) is 0 Å². The molecular formula is C21H30NO2+. The van der Waals surface area contributed by atoms with E-state index in [0.29, 0.717) is 5.92 Å². The molecule has 1 unspecified atom stereocenters. The quantitative estimate of drug-likeness (QED) is 0.871. The van der Waals surface area contributed by atoms with Crippen LogP contribution in [-0.4, -0.2) is 13.1 Å². The highest BCUT2D eigenvalue weighted by Gasteiger charge is 2.22. The normalized spacial score (nSPS) is 17.5. The van der Waals surface area contributed by atoms with Crippen LogP contribution in [0.3, 0.4) is 0 Å². The first-order valence-corrected chi connectivity index (χ1v) is 9.35. The topological polar surface area (TPSA) is 34.6 Å². The van der Waals surface area contributed by atoms with Crippen LogP contribution in [-0.2, 0) is 6.54 Å². The lowest BCUT2D eigenvalue weighted by Crippen LogP contribution is -3.11. The van der Waals surface area contributed by atoms with Gasteiger partial charge in [-0.25, -0.2) is 4.79 Å². The summed E-state index contributed by atoms with van der Waals surface area (Å²) in [5.74, 6) is 0.470. The maximum absolute atomic E-state index is 12.0. The highest BCUT2D eigenvalue weighted by molar-refractivity contribution is 5.82. The van der Waals surface area contributed by atoms with E-state index in [-0.39, 0.29) is 5.63 Å². The van der Waals surface area contributed by atoms with Crippen LogP contribution in [0.5, 0.6) is 0 Å². The maximum Gasteiger partial charge on any atom is 0.336 e. The molecule has 1 heterocycles. The van der Waals surface area contributed by atoms with Crippen molar-refractivity contribution >= 4 is 11.0 Å². The molecule has 1 aliphatic carbocycles. The van der Waals surface area contributed by atoms with Gasteiger partial charge >= 0.3 is 5.63 Å². The zero-order valence-corrected chi connectivity index (χ0v) is 15.4. The molecule has 0 amide bonds. The number of benzene rings is 1. The lowest BCUT2D eigenvalue weighted by atomic mass is 9.93. The van der Waals surface area contributed by atoms with Gasteiger partial charge in [-0.3, -0.25) is 0 Å². The summed E-state index contributed by atoms with van der Waals surface area (Å²) in [5.41, 5.74) is 4.17. The minimum atomic E-state index is -0.231. The Morgan fingerprint density at radius 2 is 1.88 bits per heavy atom. The Bertz CT molecular complexity index is 769. The summed E-state index contributed by atoms with van der Waals surface area (Å²) < 4.78 is 5.48. The minimum absolute atomic E-state index is 0.231. The van der Waals surface area contributed by atoms with Gasteiger partial charge in [0.2, 0.25) is 0 Å². The average Bonchev–Trinajstić information content (AvgIpc) is 2.54. The first-order valence-electron chi connectivity index (χ1n) is 9.35. The van der Waals surface area contributed by atoms with E-state index in [1.165, 1.54) is 48.1 Å². The van der Waals surface area contributed by atoms with E-state index >= 15 is 0 Å². The van der Waals surface area contributed by atoms with Crippen molar-refractivity contribution in [1.82, 2.24) is 0 Å². The van der Waals surface area contributed by atoms with Crippen LogP contribution >= 0.6 is 0 Å². The van der Waals surface area contributed by atoms with Gasteiger partial charge in [-0.05, 0) is 61.8 Å². The predicted molar refractivity (Wildman–Crippen MR) is 98.8 cm³/mol. The van der Waals surface area contributed by atoms with Gasteiger partial charge in [0.15, 0.2) is 0 Å². The first-order chi connectivity index (χ1) is 11.5. The molecule has 3 rings (SSSR count). The third kappa shape index (κ3) is 3.56. The van der Waals surface area contributed by atoms with Crippen LogP contribution in [0, 0.1) is 6.92 Å². The van der Waals surface area contributed by atoms with Gasteiger partial charge < -0.3 is 9.32 Å². The molecular weight excluding hydrogens is 298 g/mol. The molecule has 1 N–H and O–H groups in total. The third-order valence-electron chi connectivity index (χ3n) is 5.61. The second-order valence-corrected chi connectivity index (χ2v) is 7.81. The Hall–Kier alpha value is -1.61. The number of hydrogen-bond acceptors (Lipinski definition) is 2. The lowest BCUT2D eigenvalue weighted by molar-refractivity contribution is -0.921.